The van der Waals surface area contributed by atoms with Crippen molar-refractivity contribution in [2.75, 3.05) is 0 Å². The van der Waals surface area contributed by atoms with Crippen LogP contribution >= 0.6 is 11.6 Å². The molecular weight excluding hydrogens is 174 g/mol. The lowest BCUT2D eigenvalue weighted by molar-refractivity contribution is 0.0853. The first-order chi connectivity index (χ1) is 5.77. The second-order valence-corrected chi connectivity index (χ2v) is 4.42. The lowest BCUT2D eigenvalue weighted by atomic mass is 9.80. The zero-order valence-corrected chi connectivity index (χ0v) is 8.05. The Hall–Kier alpha value is -0.240. The fourth-order valence-corrected chi connectivity index (χ4v) is 1.78. The molecule has 68 valence electrons. The van der Waals surface area contributed by atoms with Crippen molar-refractivity contribution in [3.05, 3.63) is 0 Å². The van der Waals surface area contributed by atoms with Gasteiger partial charge in [-0.15, -0.1) is 11.6 Å². The Morgan fingerprint density at radius 1 is 1.58 bits per heavy atom. The van der Waals surface area contributed by atoms with E-state index in [-0.39, 0.29) is 11.5 Å². The van der Waals surface area contributed by atoms with E-state index in [1.807, 2.05) is 6.92 Å². The van der Waals surface area contributed by atoms with Crippen molar-refractivity contribution in [1.82, 2.24) is 0 Å². The van der Waals surface area contributed by atoms with Gasteiger partial charge in [0, 0.05) is 12.3 Å². The van der Waals surface area contributed by atoms with Gasteiger partial charge in [-0.25, -0.2) is 0 Å². The zero-order chi connectivity index (χ0) is 8.55. The van der Waals surface area contributed by atoms with Gasteiger partial charge in [-0.05, 0) is 19.8 Å². The Balaban J connectivity index is 1.87. The van der Waals surface area contributed by atoms with Crippen LogP contribution in [0.15, 0.2) is 5.16 Å². The van der Waals surface area contributed by atoms with Crippen LogP contribution in [-0.2, 0) is 4.84 Å². The molecule has 0 saturated heterocycles. The van der Waals surface area contributed by atoms with Crippen LogP contribution < -0.4 is 0 Å². The summed E-state index contributed by atoms with van der Waals surface area (Å²) in [6, 6.07) is 0. The second-order valence-electron chi connectivity index (χ2n) is 3.74. The molecule has 2 rings (SSSR count). The molecule has 0 aromatic heterocycles. The van der Waals surface area contributed by atoms with E-state index in [4.69, 9.17) is 16.4 Å². The van der Waals surface area contributed by atoms with Gasteiger partial charge in [0.05, 0.1) is 11.1 Å². The molecular formula is C9H14ClNO. The summed E-state index contributed by atoms with van der Waals surface area (Å²) in [5.74, 6) is 0.713. The van der Waals surface area contributed by atoms with E-state index >= 15 is 0 Å². The monoisotopic (exact) mass is 187 g/mol. The fraction of sp³-hybridized carbons (Fsp3) is 0.889. The van der Waals surface area contributed by atoms with Crippen LogP contribution in [0, 0.1) is 5.92 Å². The third-order valence-corrected chi connectivity index (χ3v) is 3.09. The lowest BCUT2D eigenvalue weighted by Crippen LogP contribution is -2.24. The van der Waals surface area contributed by atoms with Gasteiger partial charge in [0.15, 0.2) is 0 Å². The molecule has 2 unspecified atom stereocenters. The summed E-state index contributed by atoms with van der Waals surface area (Å²) in [4.78, 5) is 5.24. The molecule has 1 saturated carbocycles. The minimum absolute atomic E-state index is 0.0753. The molecule has 2 nitrogen and oxygen atoms in total. The maximum absolute atomic E-state index is 5.92. The number of oxime groups is 1. The van der Waals surface area contributed by atoms with Gasteiger partial charge in [-0.3, -0.25) is 0 Å². The largest absolute Gasteiger partial charge is 0.391 e. The third-order valence-electron chi connectivity index (χ3n) is 2.80. The van der Waals surface area contributed by atoms with Crippen LogP contribution in [0.2, 0.25) is 0 Å². The van der Waals surface area contributed by atoms with Crippen molar-refractivity contribution in [3.63, 3.8) is 0 Å². The van der Waals surface area contributed by atoms with Gasteiger partial charge in [0.2, 0.25) is 0 Å². The molecule has 3 heteroatoms. The third kappa shape index (κ3) is 1.45. The summed E-state index contributed by atoms with van der Waals surface area (Å²) < 4.78 is 0. The molecule has 1 aliphatic heterocycles. The van der Waals surface area contributed by atoms with Crippen LogP contribution in [0.5, 0.6) is 0 Å². The molecule has 0 aromatic rings. The van der Waals surface area contributed by atoms with Gasteiger partial charge in [0.25, 0.3) is 0 Å². The number of nitrogens with zero attached hydrogens (tertiary/aromatic N) is 1. The average molecular weight is 188 g/mol. The highest BCUT2D eigenvalue weighted by Gasteiger charge is 2.32. The SMILES string of the molecule is CC(Cl)C1CC(C2CCC2)=NO1. The van der Waals surface area contributed by atoms with Crippen LogP contribution in [0.25, 0.3) is 0 Å². The summed E-state index contributed by atoms with van der Waals surface area (Å²) in [5.41, 5.74) is 1.25. The predicted octanol–water partition coefficient (Wildman–Crippen LogP) is 2.56. The molecule has 1 aliphatic carbocycles. The topological polar surface area (TPSA) is 21.6 Å². The van der Waals surface area contributed by atoms with E-state index in [2.05, 4.69) is 5.16 Å². The maximum atomic E-state index is 5.92. The van der Waals surface area contributed by atoms with E-state index in [0.717, 1.165) is 6.42 Å². The quantitative estimate of drug-likeness (QED) is 0.609. The molecule has 2 aliphatic rings. The molecule has 0 aromatic carbocycles. The van der Waals surface area contributed by atoms with E-state index in [1.54, 1.807) is 0 Å². The first-order valence-electron chi connectivity index (χ1n) is 4.64. The van der Waals surface area contributed by atoms with Crippen molar-refractivity contribution in [2.45, 2.75) is 44.1 Å². The van der Waals surface area contributed by atoms with E-state index < -0.39 is 0 Å². The zero-order valence-electron chi connectivity index (χ0n) is 7.29. The Labute approximate surface area is 77.9 Å². The van der Waals surface area contributed by atoms with Gasteiger partial charge >= 0.3 is 0 Å². The molecule has 1 fully saturated rings. The summed E-state index contributed by atoms with van der Waals surface area (Å²) >= 11 is 5.92. The highest BCUT2D eigenvalue weighted by molar-refractivity contribution is 6.21. The molecule has 0 spiro atoms. The van der Waals surface area contributed by atoms with E-state index in [9.17, 15) is 0 Å². The molecule has 0 N–H and O–H groups in total. The maximum Gasteiger partial charge on any atom is 0.148 e. The Morgan fingerprint density at radius 2 is 2.33 bits per heavy atom. The highest BCUT2D eigenvalue weighted by atomic mass is 35.5. The molecule has 1 heterocycles. The number of rotatable bonds is 2. The second kappa shape index (κ2) is 3.25. The first kappa shape index (κ1) is 8.36. The van der Waals surface area contributed by atoms with E-state index in [1.165, 1.54) is 25.0 Å². The van der Waals surface area contributed by atoms with Crippen molar-refractivity contribution in [1.29, 1.82) is 0 Å². The summed E-state index contributed by atoms with van der Waals surface area (Å²) in [6.45, 7) is 1.96. The van der Waals surface area contributed by atoms with Crippen LogP contribution in [0.4, 0.5) is 0 Å². The average Bonchev–Trinajstić information content (AvgIpc) is 2.32. The number of hydrogen-bond donors (Lipinski definition) is 0. The number of halogens is 1. The molecule has 0 amide bonds. The fourth-order valence-electron chi connectivity index (χ4n) is 1.64. The minimum atomic E-state index is 0.0753. The normalized spacial score (nSPS) is 32.2. The highest BCUT2D eigenvalue weighted by Crippen LogP contribution is 2.33. The minimum Gasteiger partial charge on any atom is -0.391 e. The molecule has 2 atom stereocenters. The van der Waals surface area contributed by atoms with Crippen molar-refractivity contribution in [3.8, 4) is 0 Å². The predicted molar refractivity (Wildman–Crippen MR) is 49.6 cm³/mol. The Morgan fingerprint density at radius 3 is 2.75 bits per heavy atom. The molecule has 0 bridgehead atoms. The number of alkyl halides is 1. The van der Waals surface area contributed by atoms with Gasteiger partial charge < -0.3 is 4.84 Å². The molecule has 0 radical (unpaired) electrons. The summed E-state index contributed by atoms with van der Waals surface area (Å²) in [5, 5.41) is 4.17. The standard InChI is InChI=1S/C9H14ClNO/c1-6(10)9-5-8(11-12-9)7-3-2-4-7/h6-7,9H,2-5H2,1H3. The summed E-state index contributed by atoms with van der Waals surface area (Å²) in [7, 11) is 0. The number of hydrogen-bond acceptors (Lipinski definition) is 2. The van der Waals surface area contributed by atoms with Crippen molar-refractivity contribution >= 4 is 17.3 Å². The van der Waals surface area contributed by atoms with Crippen LogP contribution in [0.1, 0.15) is 32.6 Å². The lowest BCUT2D eigenvalue weighted by Gasteiger charge is -2.24. The smallest absolute Gasteiger partial charge is 0.148 e. The van der Waals surface area contributed by atoms with Crippen LogP contribution in [0.3, 0.4) is 0 Å². The van der Waals surface area contributed by atoms with Crippen LogP contribution in [-0.4, -0.2) is 17.2 Å². The molecule has 12 heavy (non-hydrogen) atoms. The van der Waals surface area contributed by atoms with E-state index in [0.29, 0.717) is 5.92 Å². The van der Waals surface area contributed by atoms with Gasteiger partial charge in [-0.2, -0.15) is 0 Å². The van der Waals surface area contributed by atoms with Crippen molar-refractivity contribution < 1.29 is 4.84 Å². The Bertz CT molecular complexity index is 199. The van der Waals surface area contributed by atoms with Gasteiger partial charge in [0.1, 0.15) is 6.10 Å². The van der Waals surface area contributed by atoms with Gasteiger partial charge in [-0.1, -0.05) is 11.6 Å². The van der Waals surface area contributed by atoms with Crippen molar-refractivity contribution in [2.24, 2.45) is 11.1 Å². The first-order valence-corrected chi connectivity index (χ1v) is 5.07. The Kier molecular flexibility index (Phi) is 2.26. The summed E-state index contributed by atoms with van der Waals surface area (Å²) in [6.07, 6.45) is 5.03.